The largest absolute Gasteiger partial charge is 0.490 e. The number of rotatable bonds is 6. The molecule has 3 aromatic rings. The number of hydrogen-bond donors (Lipinski definition) is 1. The van der Waals surface area contributed by atoms with Gasteiger partial charge in [0.05, 0.1) is 10.6 Å². The highest BCUT2D eigenvalue weighted by molar-refractivity contribution is 7.93. The van der Waals surface area contributed by atoms with Gasteiger partial charge in [-0.15, -0.1) is 0 Å². The van der Waals surface area contributed by atoms with Gasteiger partial charge in [-0.1, -0.05) is 36.9 Å². The zero-order valence-corrected chi connectivity index (χ0v) is 16.6. The Morgan fingerprint density at radius 1 is 1.14 bits per heavy atom. The first kappa shape index (κ1) is 19.0. The van der Waals surface area contributed by atoms with Crippen LogP contribution in [-0.4, -0.2) is 27.0 Å². The average molecular weight is 408 g/mol. The highest BCUT2D eigenvalue weighted by Crippen LogP contribution is 2.43. The molecule has 0 aliphatic carbocycles. The Kier molecular flexibility index (Phi) is 4.76. The summed E-state index contributed by atoms with van der Waals surface area (Å²) in [6.07, 6.45) is 1.65. The van der Waals surface area contributed by atoms with Gasteiger partial charge in [0.1, 0.15) is 18.4 Å². The van der Waals surface area contributed by atoms with E-state index in [1.54, 1.807) is 61.5 Å². The number of hydrogen-bond acceptors (Lipinski definition) is 4. The van der Waals surface area contributed by atoms with Crippen LogP contribution in [0.4, 0.5) is 11.4 Å². The number of amides is 1. The molecule has 0 fully saturated rings. The Bertz CT molecular complexity index is 1200. The molecule has 1 N–H and O–H groups in total. The monoisotopic (exact) mass is 408 g/mol. The van der Waals surface area contributed by atoms with Crippen molar-refractivity contribution in [3.63, 3.8) is 0 Å². The van der Waals surface area contributed by atoms with Crippen LogP contribution in [0.2, 0.25) is 0 Å². The fourth-order valence-electron chi connectivity index (χ4n) is 3.48. The first-order valence-corrected chi connectivity index (χ1v) is 10.6. The van der Waals surface area contributed by atoms with Crippen LogP contribution in [0.1, 0.15) is 6.92 Å². The maximum atomic E-state index is 13.1. The van der Waals surface area contributed by atoms with Crippen LogP contribution in [-0.2, 0) is 14.8 Å². The Hall–Kier alpha value is -3.32. The second-order valence-electron chi connectivity index (χ2n) is 6.72. The topological polar surface area (TPSA) is 75.7 Å². The molecular formula is C22H20N2O4S. The highest BCUT2D eigenvalue weighted by Gasteiger charge is 2.40. The number of carbonyl (C=O) groups excluding carboxylic acids is 1. The second kappa shape index (κ2) is 7.25. The fraction of sp³-hybridized carbons (Fsp3) is 0.136. The molecule has 1 aliphatic rings. The minimum absolute atomic E-state index is 0.231. The summed E-state index contributed by atoms with van der Waals surface area (Å²) >= 11 is 0. The number of nitrogens with one attached hydrogen (secondary N) is 1. The summed E-state index contributed by atoms with van der Waals surface area (Å²) in [4.78, 5) is 13.1. The lowest BCUT2D eigenvalue weighted by molar-refractivity contribution is -0.116. The molecule has 0 bridgehead atoms. The zero-order chi connectivity index (χ0) is 20.6. The van der Waals surface area contributed by atoms with Crippen LogP contribution in [0.3, 0.4) is 0 Å². The molecule has 0 spiro atoms. The van der Waals surface area contributed by atoms with Crippen molar-refractivity contribution < 1.29 is 17.9 Å². The van der Waals surface area contributed by atoms with E-state index in [1.807, 2.05) is 12.1 Å². The molecule has 0 saturated heterocycles. The third-order valence-electron chi connectivity index (χ3n) is 4.84. The maximum absolute atomic E-state index is 13.1. The van der Waals surface area contributed by atoms with Crippen molar-refractivity contribution in [2.75, 3.05) is 16.2 Å². The third-order valence-corrected chi connectivity index (χ3v) is 6.77. The molecule has 1 aliphatic heterocycles. The van der Waals surface area contributed by atoms with Gasteiger partial charge in [-0.2, -0.15) is 0 Å². The Morgan fingerprint density at radius 3 is 2.52 bits per heavy atom. The van der Waals surface area contributed by atoms with E-state index in [0.717, 1.165) is 5.39 Å². The maximum Gasteiger partial charge on any atom is 0.265 e. The van der Waals surface area contributed by atoms with E-state index in [-0.39, 0.29) is 4.90 Å². The summed E-state index contributed by atoms with van der Waals surface area (Å²) in [6, 6.07) is 16.5. The highest BCUT2D eigenvalue weighted by atomic mass is 32.2. The smallest absolute Gasteiger partial charge is 0.265 e. The molecule has 148 valence electrons. The van der Waals surface area contributed by atoms with E-state index in [4.69, 9.17) is 4.74 Å². The van der Waals surface area contributed by atoms with Crippen molar-refractivity contribution in [1.29, 1.82) is 0 Å². The molecule has 29 heavy (non-hydrogen) atoms. The molecule has 0 aromatic heterocycles. The van der Waals surface area contributed by atoms with Crippen LogP contribution >= 0.6 is 0 Å². The minimum atomic E-state index is -3.81. The summed E-state index contributed by atoms with van der Waals surface area (Å²) < 4.78 is 32.9. The SMILES string of the molecule is C=CCOc1ccc(NC(=O)[C@H](C)N2c3cccc4cccc(c34)S2(=O)=O)cc1. The number of sulfonamides is 1. The van der Waals surface area contributed by atoms with Gasteiger partial charge in [0.2, 0.25) is 5.91 Å². The van der Waals surface area contributed by atoms with Gasteiger partial charge in [-0.3, -0.25) is 9.10 Å². The standard InChI is InChI=1S/C22H20N2O4S/c1-3-14-28-18-12-10-17(11-13-18)23-22(25)15(2)24-19-8-4-6-16-7-5-9-20(21(16)19)29(24,26)27/h3-13,15H,1,14H2,2H3,(H,23,25)/t15-/m0/s1. The summed E-state index contributed by atoms with van der Waals surface area (Å²) in [5.41, 5.74) is 1.08. The average Bonchev–Trinajstić information content (AvgIpc) is 2.95. The second-order valence-corrected chi connectivity index (χ2v) is 8.50. The van der Waals surface area contributed by atoms with Gasteiger partial charge in [-0.25, -0.2) is 8.42 Å². The van der Waals surface area contributed by atoms with Crippen molar-refractivity contribution in [3.8, 4) is 5.75 Å². The van der Waals surface area contributed by atoms with Gasteiger partial charge in [0.25, 0.3) is 10.0 Å². The Balaban J connectivity index is 1.60. The lowest BCUT2D eigenvalue weighted by Gasteiger charge is -2.25. The van der Waals surface area contributed by atoms with Crippen LogP contribution < -0.4 is 14.4 Å². The van der Waals surface area contributed by atoms with Gasteiger partial charge in [0, 0.05) is 11.1 Å². The van der Waals surface area contributed by atoms with Crippen molar-refractivity contribution in [2.24, 2.45) is 0 Å². The fourth-order valence-corrected chi connectivity index (χ4v) is 5.35. The first-order chi connectivity index (χ1) is 13.9. The van der Waals surface area contributed by atoms with Crippen LogP contribution in [0.25, 0.3) is 10.8 Å². The van der Waals surface area contributed by atoms with Gasteiger partial charge < -0.3 is 10.1 Å². The summed E-state index contributed by atoms with van der Waals surface area (Å²) in [7, 11) is -3.81. The predicted octanol–water partition coefficient (Wildman–Crippen LogP) is 3.94. The molecular weight excluding hydrogens is 388 g/mol. The minimum Gasteiger partial charge on any atom is -0.490 e. The number of ether oxygens (including phenoxy) is 1. The summed E-state index contributed by atoms with van der Waals surface area (Å²) in [6.45, 7) is 5.57. The molecule has 1 atom stereocenters. The molecule has 0 unspecified atom stereocenters. The molecule has 1 heterocycles. The number of nitrogens with zero attached hydrogens (tertiary/aromatic N) is 1. The zero-order valence-electron chi connectivity index (χ0n) is 15.8. The normalized spacial score (nSPS) is 15.1. The van der Waals surface area contributed by atoms with Crippen molar-refractivity contribution in [2.45, 2.75) is 17.9 Å². The van der Waals surface area contributed by atoms with E-state index >= 15 is 0 Å². The van der Waals surface area contributed by atoms with Gasteiger partial charge in [-0.05, 0) is 48.7 Å². The Morgan fingerprint density at radius 2 is 1.83 bits per heavy atom. The number of anilines is 2. The summed E-state index contributed by atoms with van der Waals surface area (Å²) in [5, 5.41) is 4.26. The van der Waals surface area contributed by atoms with Crippen LogP contribution in [0, 0.1) is 0 Å². The lowest BCUT2D eigenvalue weighted by Crippen LogP contribution is -2.43. The molecule has 0 radical (unpaired) electrons. The van der Waals surface area contributed by atoms with Crippen molar-refractivity contribution in [3.05, 3.63) is 73.3 Å². The Labute approximate surface area is 169 Å². The van der Waals surface area contributed by atoms with E-state index in [9.17, 15) is 13.2 Å². The van der Waals surface area contributed by atoms with Crippen LogP contribution in [0.15, 0.2) is 78.2 Å². The van der Waals surface area contributed by atoms with Crippen molar-refractivity contribution >= 4 is 38.1 Å². The third kappa shape index (κ3) is 3.23. The predicted molar refractivity (Wildman–Crippen MR) is 114 cm³/mol. The van der Waals surface area contributed by atoms with E-state index in [1.165, 1.54) is 4.31 Å². The van der Waals surface area contributed by atoms with Gasteiger partial charge >= 0.3 is 0 Å². The molecule has 3 aromatic carbocycles. The first-order valence-electron chi connectivity index (χ1n) is 9.14. The molecule has 6 nitrogen and oxygen atoms in total. The summed E-state index contributed by atoms with van der Waals surface area (Å²) in [5.74, 6) is 0.235. The molecule has 4 rings (SSSR count). The number of carbonyl (C=O) groups is 1. The van der Waals surface area contributed by atoms with Gasteiger partial charge in [0.15, 0.2) is 0 Å². The molecule has 7 heteroatoms. The molecule has 1 amide bonds. The van der Waals surface area contributed by atoms with Crippen LogP contribution in [0.5, 0.6) is 5.75 Å². The van der Waals surface area contributed by atoms with E-state index < -0.39 is 22.0 Å². The molecule has 0 saturated carbocycles. The van der Waals surface area contributed by atoms with Crippen molar-refractivity contribution in [1.82, 2.24) is 0 Å². The number of benzene rings is 3. The van der Waals surface area contributed by atoms with E-state index in [2.05, 4.69) is 11.9 Å². The lowest BCUT2D eigenvalue weighted by atomic mass is 10.1. The van der Waals surface area contributed by atoms with E-state index in [0.29, 0.717) is 29.1 Å². The quantitative estimate of drug-likeness (QED) is 0.627.